The summed E-state index contributed by atoms with van der Waals surface area (Å²) in [6, 6.07) is 12.2. The van der Waals surface area contributed by atoms with Crippen LogP contribution in [0.1, 0.15) is 13.3 Å². The molecule has 0 atom stereocenters. The van der Waals surface area contributed by atoms with E-state index in [-0.39, 0.29) is 12.4 Å². The fourth-order valence-corrected chi connectivity index (χ4v) is 3.98. The molecule has 0 saturated heterocycles. The first kappa shape index (κ1) is 15.9. The lowest BCUT2D eigenvalue weighted by Gasteiger charge is -2.02. The van der Waals surface area contributed by atoms with Gasteiger partial charge in [0.05, 0.1) is 0 Å². The Balaban J connectivity index is 2.10. The SMILES string of the molecule is CCOC(=[OH+])CC=C([S-])N=c1cc(-c2ccccc2)ss1. The zero-order valence-electron chi connectivity index (χ0n) is 11.5. The van der Waals surface area contributed by atoms with Gasteiger partial charge in [-0.15, -0.1) is 0 Å². The Morgan fingerprint density at radius 1 is 1.33 bits per heavy atom. The van der Waals surface area contributed by atoms with Gasteiger partial charge in [-0.3, -0.25) is 4.99 Å². The van der Waals surface area contributed by atoms with Gasteiger partial charge in [-0.05, 0) is 18.6 Å². The van der Waals surface area contributed by atoms with Gasteiger partial charge < -0.3 is 22.2 Å². The minimum Gasteiger partial charge on any atom is -0.760 e. The maximum absolute atomic E-state index is 9.38. The number of esters is 1. The topological polar surface area (TPSA) is 43.0 Å². The number of nitrogens with zero attached hydrogens (tertiary/aromatic N) is 1. The summed E-state index contributed by atoms with van der Waals surface area (Å²) in [5.41, 5.74) is 1.18. The van der Waals surface area contributed by atoms with E-state index in [1.54, 1.807) is 26.8 Å². The van der Waals surface area contributed by atoms with E-state index in [0.29, 0.717) is 11.6 Å². The lowest BCUT2D eigenvalue weighted by molar-refractivity contribution is 0.285. The molecule has 110 valence electrons. The van der Waals surface area contributed by atoms with Crippen LogP contribution in [0, 0.1) is 0 Å². The van der Waals surface area contributed by atoms with Crippen molar-refractivity contribution in [2.24, 2.45) is 4.99 Å². The Bertz CT molecular complexity index is 686. The van der Waals surface area contributed by atoms with Crippen LogP contribution in [0.3, 0.4) is 0 Å². The molecular formula is C15H15NO2S3. The second-order valence-electron chi connectivity index (χ2n) is 4.06. The normalized spacial score (nSPS) is 12.4. The summed E-state index contributed by atoms with van der Waals surface area (Å²) >= 11 is 5.17. The van der Waals surface area contributed by atoms with E-state index in [0.717, 1.165) is 4.67 Å². The van der Waals surface area contributed by atoms with Crippen molar-refractivity contribution >= 4 is 39.3 Å². The Morgan fingerprint density at radius 3 is 2.81 bits per heavy atom. The molecule has 0 fully saturated rings. The van der Waals surface area contributed by atoms with E-state index in [4.69, 9.17) is 17.4 Å². The molecule has 2 aromatic rings. The smallest absolute Gasteiger partial charge is 0.486 e. The molecule has 2 rings (SSSR count). The van der Waals surface area contributed by atoms with Gasteiger partial charge in [-0.1, -0.05) is 62.1 Å². The summed E-state index contributed by atoms with van der Waals surface area (Å²) in [7, 11) is 3.26. The fraction of sp³-hybridized carbons (Fsp3) is 0.200. The van der Waals surface area contributed by atoms with Gasteiger partial charge in [0, 0.05) is 4.88 Å². The largest absolute Gasteiger partial charge is 0.760 e. The predicted molar refractivity (Wildman–Crippen MR) is 91.8 cm³/mol. The molecule has 0 spiro atoms. The van der Waals surface area contributed by atoms with Gasteiger partial charge in [-0.2, -0.15) is 0 Å². The molecule has 0 aliphatic rings. The minimum absolute atomic E-state index is 0.0333. The van der Waals surface area contributed by atoms with E-state index in [2.05, 4.69) is 17.1 Å². The van der Waals surface area contributed by atoms with Crippen LogP contribution < -0.4 is 4.67 Å². The quantitative estimate of drug-likeness (QED) is 0.361. The summed E-state index contributed by atoms with van der Waals surface area (Å²) < 4.78 is 5.82. The molecule has 0 amide bonds. The third-order valence-electron chi connectivity index (χ3n) is 2.51. The molecule has 1 heterocycles. The third kappa shape index (κ3) is 5.08. The van der Waals surface area contributed by atoms with Crippen LogP contribution in [-0.4, -0.2) is 17.4 Å². The average molecular weight is 337 g/mol. The lowest BCUT2D eigenvalue weighted by Crippen LogP contribution is -2.02. The number of hydrogen-bond donors (Lipinski definition) is 0. The van der Waals surface area contributed by atoms with Gasteiger partial charge >= 0.3 is 5.97 Å². The second kappa shape index (κ2) is 8.07. The van der Waals surface area contributed by atoms with E-state index < -0.39 is 0 Å². The molecule has 0 saturated carbocycles. The molecule has 0 bridgehead atoms. The Labute approximate surface area is 136 Å². The monoisotopic (exact) mass is 337 g/mol. The van der Waals surface area contributed by atoms with Crippen LogP contribution in [0.2, 0.25) is 0 Å². The highest BCUT2D eigenvalue weighted by Crippen LogP contribution is 2.24. The summed E-state index contributed by atoms with van der Waals surface area (Å²) in [6.07, 6.45) is 1.95. The first-order chi connectivity index (χ1) is 10.2. The van der Waals surface area contributed by atoms with E-state index in [1.165, 1.54) is 10.4 Å². The van der Waals surface area contributed by atoms with E-state index >= 15 is 0 Å². The average Bonchev–Trinajstić information content (AvgIpc) is 2.95. The van der Waals surface area contributed by atoms with E-state index in [1.807, 2.05) is 31.2 Å². The van der Waals surface area contributed by atoms with Gasteiger partial charge in [0.2, 0.25) is 0 Å². The molecule has 0 aliphatic heterocycles. The molecule has 0 unspecified atom stereocenters. The molecular weight excluding hydrogens is 322 g/mol. The molecule has 1 N–H and O–H groups in total. The minimum atomic E-state index is -0.0333. The molecule has 3 nitrogen and oxygen atoms in total. The van der Waals surface area contributed by atoms with Crippen molar-refractivity contribution in [3.8, 4) is 10.4 Å². The van der Waals surface area contributed by atoms with Gasteiger partial charge in [-0.25, -0.2) is 0 Å². The maximum atomic E-state index is 9.38. The zero-order chi connectivity index (χ0) is 15.1. The Morgan fingerprint density at radius 2 is 2.10 bits per heavy atom. The van der Waals surface area contributed by atoms with Crippen molar-refractivity contribution in [1.29, 1.82) is 0 Å². The molecule has 1 aromatic heterocycles. The zero-order valence-corrected chi connectivity index (χ0v) is 13.9. The van der Waals surface area contributed by atoms with Crippen molar-refractivity contribution in [2.45, 2.75) is 13.3 Å². The summed E-state index contributed by atoms with van der Waals surface area (Å²) in [5, 5.41) is 0.454. The van der Waals surface area contributed by atoms with Crippen LogP contribution in [0.4, 0.5) is 0 Å². The third-order valence-corrected chi connectivity index (χ3v) is 5.07. The Kier molecular flexibility index (Phi) is 6.10. The second-order valence-corrected chi connectivity index (χ2v) is 6.67. The number of carbonyl (C=O) groups excluding carboxylic acids is 1. The number of hydrogen-bond acceptors (Lipinski definition) is 5. The van der Waals surface area contributed by atoms with Crippen molar-refractivity contribution in [3.05, 3.63) is 52.2 Å². The first-order valence-electron chi connectivity index (χ1n) is 6.44. The van der Waals surface area contributed by atoms with E-state index in [9.17, 15) is 4.79 Å². The van der Waals surface area contributed by atoms with Crippen LogP contribution in [0.25, 0.3) is 10.4 Å². The highest BCUT2D eigenvalue weighted by Gasteiger charge is 2.06. The Hall–Kier alpha value is -1.50. The molecule has 0 aliphatic carbocycles. The highest BCUT2D eigenvalue weighted by atomic mass is 32.9. The van der Waals surface area contributed by atoms with Crippen molar-refractivity contribution in [1.82, 2.24) is 0 Å². The van der Waals surface area contributed by atoms with Crippen LogP contribution in [0.15, 0.2) is 52.5 Å². The fourth-order valence-electron chi connectivity index (χ4n) is 1.59. The molecule has 21 heavy (non-hydrogen) atoms. The number of ether oxygens (including phenoxy) is 1. The molecule has 0 radical (unpaired) electrons. The number of rotatable bonds is 5. The highest BCUT2D eigenvalue weighted by molar-refractivity contribution is 7.69. The summed E-state index contributed by atoms with van der Waals surface area (Å²) in [6.45, 7) is 2.26. The first-order valence-corrected chi connectivity index (χ1v) is 9.00. The van der Waals surface area contributed by atoms with Crippen LogP contribution >= 0.6 is 20.7 Å². The number of benzene rings is 1. The van der Waals surface area contributed by atoms with Crippen molar-refractivity contribution in [3.63, 3.8) is 0 Å². The van der Waals surface area contributed by atoms with Gasteiger partial charge in [0.15, 0.2) is 6.61 Å². The van der Waals surface area contributed by atoms with Crippen LogP contribution in [-0.2, 0) is 17.4 Å². The van der Waals surface area contributed by atoms with Gasteiger partial charge in [0.1, 0.15) is 11.1 Å². The predicted octanol–water partition coefficient (Wildman–Crippen LogP) is 3.69. The van der Waals surface area contributed by atoms with Crippen molar-refractivity contribution in [2.75, 3.05) is 6.61 Å². The molecule has 6 heteroatoms. The van der Waals surface area contributed by atoms with Gasteiger partial charge in [0.25, 0.3) is 0 Å². The lowest BCUT2D eigenvalue weighted by atomic mass is 10.2. The van der Waals surface area contributed by atoms with Crippen molar-refractivity contribution < 1.29 is 9.53 Å². The molecule has 1 aromatic carbocycles. The van der Waals surface area contributed by atoms with Crippen LogP contribution in [0.5, 0.6) is 0 Å². The summed E-state index contributed by atoms with van der Waals surface area (Å²) in [5.74, 6) is -0.0333. The standard InChI is InChI=1S/C15H15NO2S3/c1-2-18-15(17)9-8-13(19)16-14-10-12(20-21-14)11-6-4-3-5-7-11/h3-8,10,19H,2,9H2,1H3. The summed E-state index contributed by atoms with van der Waals surface area (Å²) in [4.78, 5) is 14.9. The maximum Gasteiger partial charge on any atom is 0.486 e.